The van der Waals surface area contributed by atoms with Crippen LogP contribution in [0, 0.1) is 0 Å². The minimum atomic E-state index is -1.48. The molecule has 0 spiro atoms. The number of oxime groups is 1. The third kappa shape index (κ3) is 7.09. The monoisotopic (exact) mass is 649 g/mol. The second kappa shape index (κ2) is 14.0. The average molecular weight is 650 g/mol. The highest BCUT2D eigenvalue weighted by molar-refractivity contribution is 6.31. The summed E-state index contributed by atoms with van der Waals surface area (Å²) in [7, 11) is 0. The van der Waals surface area contributed by atoms with Crippen molar-refractivity contribution >= 4 is 35.0 Å². The van der Waals surface area contributed by atoms with E-state index in [1.807, 2.05) is 6.07 Å². The predicted molar refractivity (Wildman–Crippen MR) is 160 cm³/mol. The molecule has 8 N–H and O–H groups in total. The first-order valence-electron chi connectivity index (χ1n) is 14.2. The number of nitrogens with one attached hydrogen (secondary N) is 1. The molecule has 2 aromatic rings. The maximum absolute atomic E-state index is 12.9. The number of halogens is 1. The first kappa shape index (κ1) is 33.1. The largest absolute Gasteiger partial charge is 0.460 e. The lowest BCUT2D eigenvalue weighted by Crippen LogP contribution is -2.67. The van der Waals surface area contributed by atoms with Gasteiger partial charge in [-0.3, -0.25) is 4.79 Å². The first-order valence-corrected chi connectivity index (χ1v) is 14.6. The van der Waals surface area contributed by atoms with Gasteiger partial charge in [-0.25, -0.2) is 0 Å². The van der Waals surface area contributed by atoms with Crippen LogP contribution in [-0.2, 0) is 30.4 Å². The van der Waals surface area contributed by atoms with E-state index in [-0.39, 0.29) is 36.1 Å². The van der Waals surface area contributed by atoms with E-state index < -0.39 is 67.1 Å². The number of anilines is 1. The van der Waals surface area contributed by atoms with Crippen molar-refractivity contribution in [3.8, 4) is 5.75 Å². The fourth-order valence-corrected chi connectivity index (χ4v) is 5.58. The molecule has 3 aliphatic rings. The molecule has 2 aliphatic heterocycles. The van der Waals surface area contributed by atoms with E-state index in [0.29, 0.717) is 10.6 Å². The van der Waals surface area contributed by atoms with Gasteiger partial charge in [-0.15, -0.1) is 0 Å². The Labute approximate surface area is 263 Å². The minimum absolute atomic E-state index is 0.0969. The second-order valence-electron chi connectivity index (χ2n) is 11.1. The molecule has 2 heterocycles. The maximum Gasteiger partial charge on any atom is 0.247 e. The van der Waals surface area contributed by atoms with Crippen molar-refractivity contribution in [1.29, 1.82) is 0 Å². The first-order chi connectivity index (χ1) is 21.5. The average Bonchev–Trinajstić information content (AvgIpc) is 3.62. The lowest BCUT2D eigenvalue weighted by atomic mass is 9.83. The summed E-state index contributed by atoms with van der Waals surface area (Å²) in [5.41, 5.74) is 8.08. The second-order valence-corrected chi connectivity index (χ2v) is 11.5. The highest BCUT2D eigenvalue weighted by Crippen LogP contribution is 2.32. The number of hydrogen-bond acceptors (Lipinski definition) is 13. The fraction of sp³-hybridized carbons (Fsp3) is 0.467. The van der Waals surface area contributed by atoms with E-state index in [1.165, 1.54) is 25.1 Å². The van der Waals surface area contributed by atoms with E-state index in [4.69, 9.17) is 41.1 Å². The van der Waals surface area contributed by atoms with Gasteiger partial charge in [0.25, 0.3) is 0 Å². The van der Waals surface area contributed by atoms with E-state index in [0.717, 1.165) is 5.56 Å². The van der Waals surface area contributed by atoms with Crippen LogP contribution in [0.25, 0.3) is 6.08 Å². The van der Waals surface area contributed by atoms with Gasteiger partial charge in [-0.1, -0.05) is 41.0 Å². The van der Waals surface area contributed by atoms with Crippen LogP contribution in [-0.4, -0.2) is 105 Å². The topological polar surface area (TPSA) is 215 Å². The highest BCUT2D eigenvalue weighted by Gasteiger charge is 2.53. The molecule has 0 radical (unpaired) electrons. The number of aliphatic hydroxyl groups excluding tert-OH is 5. The molecule has 244 valence electrons. The molecule has 15 heteroatoms. The summed E-state index contributed by atoms with van der Waals surface area (Å²) in [6, 6.07) is 10.6. The molecule has 1 aliphatic carbocycles. The standard InChI is InChI=1S/C30H36ClN3O11/c1-13(29(40)33-20-21(35)23(37)28-27(22(20)36)41-12-42-28)9-15-7-8-19(18(32)10-15)44-30-25(39)24(38)26(45-30)14(2)34-43-11-16-5-3-4-6-17(16)31/h3-10,20-28,30,35-39H,11-12,32H2,1-2H3,(H,33,40)/b13-9+,34-14+/t20-,21+,22-,23-,24+,25-,26-,27+,28-,30-/m1/s1. The molecule has 14 nitrogen and oxygen atoms in total. The van der Waals surface area contributed by atoms with Gasteiger partial charge in [0.1, 0.15) is 68.0 Å². The van der Waals surface area contributed by atoms with Gasteiger partial charge in [0.15, 0.2) is 0 Å². The SMILES string of the molecule is C/C(=C\c1ccc(O[C@@H]2O[C@H](/C(C)=N/OCc3ccccc3Cl)[C@@H](O)[C@H]2O)c(N)c1)C(=O)N[C@@H]1[C@H](O)[C@@H](O)[C@H]2OCO[C@H]2[C@@H]1O. The van der Waals surface area contributed by atoms with Crippen molar-refractivity contribution in [2.24, 2.45) is 5.16 Å². The number of rotatable bonds is 9. The molecule has 0 bridgehead atoms. The zero-order valence-corrected chi connectivity index (χ0v) is 25.2. The highest BCUT2D eigenvalue weighted by atomic mass is 35.5. The van der Waals surface area contributed by atoms with Crippen LogP contribution in [0.4, 0.5) is 5.69 Å². The summed E-state index contributed by atoms with van der Waals surface area (Å²) in [6.07, 6.45) is -9.47. The molecule has 5 rings (SSSR count). The Morgan fingerprint density at radius 3 is 2.44 bits per heavy atom. The van der Waals surface area contributed by atoms with Gasteiger partial charge in [0.05, 0.1) is 17.4 Å². The Hall–Kier alpha value is -3.31. The molecule has 2 aromatic carbocycles. The Balaban J connectivity index is 1.18. The van der Waals surface area contributed by atoms with E-state index in [1.54, 1.807) is 31.2 Å². The van der Waals surface area contributed by atoms with Crippen molar-refractivity contribution in [2.45, 2.75) is 81.6 Å². The molecule has 0 unspecified atom stereocenters. The number of carbonyl (C=O) groups excluding carboxylic acids is 1. The number of ether oxygens (including phenoxy) is 4. The lowest BCUT2D eigenvalue weighted by Gasteiger charge is -2.41. The predicted octanol–water partition coefficient (Wildman–Crippen LogP) is 0.0663. The summed E-state index contributed by atoms with van der Waals surface area (Å²) in [4.78, 5) is 18.2. The third-order valence-electron chi connectivity index (χ3n) is 7.94. The smallest absolute Gasteiger partial charge is 0.247 e. The molecule has 3 fully saturated rings. The van der Waals surface area contributed by atoms with Crippen LogP contribution in [0.1, 0.15) is 25.0 Å². The van der Waals surface area contributed by atoms with Gasteiger partial charge >= 0.3 is 0 Å². The Morgan fingerprint density at radius 2 is 1.73 bits per heavy atom. The number of benzene rings is 2. The van der Waals surface area contributed by atoms with Crippen LogP contribution in [0.15, 0.2) is 53.2 Å². The number of nitrogen functional groups attached to an aromatic ring is 1. The van der Waals surface area contributed by atoms with Crippen molar-refractivity contribution in [3.05, 3.63) is 64.2 Å². The summed E-state index contributed by atoms with van der Waals surface area (Å²) >= 11 is 6.13. The molecule has 0 aromatic heterocycles. The van der Waals surface area contributed by atoms with Gasteiger partial charge < -0.3 is 60.4 Å². The number of carbonyl (C=O) groups is 1. The van der Waals surface area contributed by atoms with Gasteiger partial charge in [0, 0.05) is 16.2 Å². The van der Waals surface area contributed by atoms with Gasteiger partial charge in [-0.05, 0) is 43.7 Å². The quantitative estimate of drug-likeness (QED) is 0.0831. The van der Waals surface area contributed by atoms with E-state index >= 15 is 0 Å². The number of aliphatic hydroxyl groups is 5. The summed E-state index contributed by atoms with van der Waals surface area (Å²) in [6.45, 7) is 3.06. The van der Waals surface area contributed by atoms with Crippen molar-refractivity contribution in [3.63, 3.8) is 0 Å². The van der Waals surface area contributed by atoms with Crippen molar-refractivity contribution in [1.82, 2.24) is 5.32 Å². The molecule has 1 amide bonds. The summed E-state index contributed by atoms with van der Waals surface area (Å²) in [5.74, 6) is -0.441. The number of hydrogen-bond donors (Lipinski definition) is 7. The van der Waals surface area contributed by atoms with Crippen molar-refractivity contribution < 1.29 is 54.1 Å². The number of fused-ring (bicyclic) bond motifs is 1. The lowest BCUT2D eigenvalue weighted by molar-refractivity contribution is -0.155. The van der Waals surface area contributed by atoms with Crippen LogP contribution in [0.2, 0.25) is 5.02 Å². The maximum atomic E-state index is 12.9. The number of nitrogens with two attached hydrogens (primary N) is 1. The van der Waals surface area contributed by atoms with E-state index in [9.17, 15) is 30.3 Å². The Kier molecular flexibility index (Phi) is 10.3. The number of amides is 1. The van der Waals surface area contributed by atoms with Crippen LogP contribution in [0.5, 0.6) is 5.75 Å². The third-order valence-corrected chi connectivity index (χ3v) is 8.31. The zero-order valence-electron chi connectivity index (χ0n) is 24.4. The van der Waals surface area contributed by atoms with Crippen LogP contribution < -0.4 is 15.8 Å². The Bertz CT molecular complexity index is 1440. The van der Waals surface area contributed by atoms with Gasteiger partial charge in [-0.2, -0.15) is 0 Å². The van der Waals surface area contributed by atoms with Crippen molar-refractivity contribution in [2.75, 3.05) is 12.5 Å². The Morgan fingerprint density at radius 1 is 1.02 bits per heavy atom. The molecule has 2 saturated heterocycles. The molecule has 10 atom stereocenters. The number of nitrogens with zero attached hydrogens (tertiary/aromatic N) is 1. The van der Waals surface area contributed by atoms with E-state index in [2.05, 4.69) is 10.5 Å². The molecule has 45 heavy (non-hydrogen) atoms. The zero-order chi connectivity index (χ0) is 32.4. The molecular formula is C30H36ClN3O11. The summed E-state index contributed by atoms with van der Waals surface area (Å²) in [5, 5.41) is 59.6. The summed E-state index contributed by atoms with van der Waals surface area (Å²) < 4.78 is 22.0. The van der Waals surface area contributed by atoms with Crippen LogP contribution in [0.3, 0.4) is 0 Å². The molecule has 1 saturated carbocycles. The normalized spacial score (nSPS) is 33.5. The fourth-order valence-electron chi connectivity index (χ4n) is 5.39. The van der Waals surface area contributed by atoms with Gasteiger partial charge in [0.2, 0.25) is 12.2 Å². The van der Waals surface area contributed by atoms with Crippen LogP contribution >= 0.6 is 11.6 Å². The minimum Gasteiger partial charge on any atom is -0.460 e. The molecular weight excluding hydrogens is 614 g/mol.